The first-order valence-corrected chi connectivity index (χ1v) is 18.1. The van der Waals surface area contributed by atoms with E-state index in [0.29, 0.717) is 17.9 Å². The lowest BCUT2D eigenvalue weighted by Gasteiger charge is -2.31. The van der Waals surface area contributed by atoms with Gasteiger partial charge in [-0.3, -0.25) is 38.6 Å². The lowest BCUT2D eigenvalue weighted by molar-refractivity contribution is -0.139. The van der Waals surface area contributed by atoms with Crippen LogP contribution in [0.4, 0.5) is 0 Å². The van der Waals surface area contributed by atoms with Crippen LogP contribution in [-0.4, -0.2) is 116 Å². The van der Waals surface area contributed by atoms with Crippen LogP contribution >= 0.6 is 23.5 Å². The highest BCUT2D eigenvalue weighted by Crippen LogP contribution is 2.28. The lowest BCUT2D eigenvalue weighted by Crippen LogP contribution is -2.56. The first-order valence-electron chi connectivity index (χ1n) is 16.0. The first kappa shape index (κ1) is 40.0. The van der Waals surface area contributed by atoms with Gasteiger partial charge < -0.3 is 20.7 Å². The van der Waals surface area contributed by atoms with E-state index in [0.717, 1.165) is 0 Å². The van der Waals surface area contributed by atoms with Gasteiger partial charge in [0, 0.05) is 46.9 Å². The minimum atomic E-state index is -0.583. The van der Waals surface area contributed by atoms with Crippen molar-refractivity contribution in [3.8, 4) is 0 Å². The Bertz CT molecular complexity index is 1130. The zero-order valence-electron chi connectivity index (χ0n) is 29.2. The van der Waals surface area contributed by atoms with E-state index in [-0.39, 0.29) is 91.6 Å². The smallest absolute Gasteiger partial charge is 0.242 e. The maximum absolute atomic E-state index is 13.0. The van der Waals surface area contributed by atoms with Gasteiger partial charge in [-0.15, -0.1) is 23.5 Å². The van der Waals surface area contributed by atoms with Gasteiger partial charge in [-0.25, -0.2) is 0 Å². The van der Waals surface area contributed by atoms with E-state index in [9.17, 15) is 28.8 Å². The molecule has 0 aromatic rings. The molecule has 46 heavy (non-hydrogen) atoms. The van der Waals surface area contributed by atoms with Gasteiger partial charge in [0.15, 0.2) is 0 Å². The molecule has 3 N–H and O–H groups in total. The molecule has 6 amide bonds. The molecule has 2 rings (SSSR count). The predicted octanol–water partition coefficient (Wildman–Crippen LogP) is 2.34. The summed E-state index contributed by atoms with van der Waals surface area (Å²) in [5, 5.41) is 8.16. The monoisotopic (exact) mass is 685 g/mol. The number of imide groups is 2. The van der Waals surface area contributed by atoms with Gasteiger partial charge in [-0.2, -0.15) is 0 Å². The highest BCUT2D eigenvalue weighted by Gasteiger charge is 2.41. The molecule has 2 fully saturated rings. The fraction of sp³-hybridized carbons (Fsp3) is 0.812. The molecule has 14 heteroatoms. The van der Waals surface area contributed by atoms with Crippen molar-refractivity contribution in [3.05, 3.63) is 0 Å². The van der Waals surface area contributed by atoms with E-state index in [1.807, 2.05) is 69.2 Å². The first-order chi connectivity index (χ1) is 21.1. The van der Waals surface area contributed by atoms with Gasteiger partial charge in [0.25, 0.3) is 0 Å². The van der Waals surface area contributed by atoms with E-state index < -0.39 is 22.1 Å². The number of carbonyl (C=O) groups is 6. The van der Waals surface area contributed by atoms with E-state index in [1.165, 1.54) is 33.3 Å². The Morgan fingerprint density at radius 3 is 1.59 bits per heavy atom. The lowest BCUT2D eigenvalue weighted by atomic mass is 10.0. The highest BCUT2D eigenvalue weighted by molar-refractivity contribution is 8.01. The Balaban J connectivity index is 1.79. The van der Waals surface area contributed by atoms with Crippen LogP contribution in [0.2, 0.25) is 0 Å². The van der Waals surface area contributed by atoms with Crippen molar-refractivity contribution in [1.29, 1.82) is 0 Å². The maximum Gasteiger partial charge on any atom is 0.242 e. The molecular formula is C32H55N5O7S2. The zero-order valence-corrected chi connectivity index (χ0v) is 30.9. The quantitative estimate of drug-likeness (QED) is 0.163. The predicted molar refractivity (Wildman–Crippen MR) is 182 cm³/mol. The number of hydrogen-bond donors (Lipinski definition) is 3. The van der Waals surface area contributed by atoms with Crippen molar-refractivity contribution >= 4 is 59.0 Å². The van der Waals surface area contributed by atoms with Crippen molar-refractivity contribution in [2.75, 3.05) is 37.8 Å². The van der Waals surface area contributed by atoms with Crippen LogP contribution in [0.5, 0.6) is 0 Å². The molecule has 0 aromatic carbocycles. The Hall–Kier alpha value is -2.16. The Labute approximate surface area is 283 Å². The fourth-order valence-corrected chi connectivity index (χ4v) is 7.48. The molecule has 2 saturated heterocycles. The van der Waals surface area contributed by atoms with Gasteiger partial charge in [-0.05, 0) is 68.7 Å². The van der Waals surface area contributed by atoms with Crippen LogP contribution in [-0.2, 0) is 33.5 Å². The van der Waals surface area contributed by atoms with Crippen LogP contribution in [0.1, 0.15) is 88.5 Å². The zero-order chi connectivity index (χ0) is 35.0. The number of hydrogen-bond acceptors (Lipinski definition) is 10. The summed E-state index contributed by atoms with van der Waals surface area (Å²) in [5.41, 5.74) is -1.08. The number of rotatable bonds is 16. The number of thioether (sulfide) groups is 2. The largest absolute Gasteiger partial charge is 0.378 e. The van der Waals surface area contributed by atoms with Crippen LogP contribution in [0, 0.1) is 5.92 Å². The van der Waals surface area contributed by atoms with E-state index in [1.54, 1.807) is 0 Å². The molecule has 0 spiro atoms. The summed E-state index contributed by atoms with van der Waals surface area (Å²) >= 11 is 2.63. The van der Waals surface area contributed by atoms with Crippen molar-refractivity contribution in [2.45, 2.75) is 122 Å². The number of likely N-dealkylation sites (tertiary alicyclic amines) is 2. The van der Waals surface area contributed by atoms with Crippen molar-refractivity contribution in [2.24, 2.45) is 5.92 Å². The summed E-state index contributed by atoms with van der Waals surface area (Å²) in [6.07, 6.45) is 0.770. The second-order valence-electron chi connectivity index (χ2n) is 15.0. The average Bonchev–Trinajstić information content (AvgIpc) is 3.32. The molecule has 0 aromatic heterocycles. The van der Waals surface area contributed by atoms with Gasteiger partial charge in [-0.1, -0.05) is 6.92 Å². The number of carbonyl (C=O) groups excluding carboxylic acids is 6. The molecule has 0 saturated carbocycles. The normalized spacial score (nSPS) is 20.8. The summed E-state index contributed by atoms with van der Waals surface area (Å²) in [7, 11) is 0. The average molecular weight is 686 g/mol. The molecule has 262 valence electrons. The van der Waals surface area contributed by atoms with Gasteiger partial charge >= 0.3 is 0 Å². The third-order valence-electron chi connectivity index (χ3n) is 7.07. The topological polar surface area (TPSA) is 154 Å². The van der Waals surface area contributed by atoms with Crippen molar-refractivity contribution < 1.29 is 33.5 Å². The van der Waals surface area contributed by atoms with Gasteiger partial charge in [0.2, 0.25) is 35.4 Å². The van der Waals surface area contributed by atoms with Crippen LogP contribution in [0.3, 0.4) is 0 Å². The highest BCUT2D eigenvalue weighted by atomic mass is 32.2. The molecule has 0 bridgehead atoms. The summed E-state index contributed by atoms with van der Waals surface area (Å²) < 4.78 is 5.62. The number of amides is 6. The van der Waals surface area contributed by atoms with E-state index in [2.05, 4.69) is 16.0 Å². The second kappa shape index (κ2) is 16.8. The van der Waals surface area contributed by atoms with Gasteiger partial charge in [0.05, 0.1) is 42.8 Å². The second-order valence-corrected chi connectivity index (χ2v) is 17.4. The minimum absolute atomic E-state index is 0.0548. The maximum atomic E-state index is 13.0. The molecule has 2 unspecified atom stereocenters. The molecule has 4 atom stereocenters. The summed E-state index contributed by atoms with van der Waals surface area (Å²) in [6, 6.07) is -0.542. The van der Waals surface area contributed by atoms with Gasteiger partial charge in [0.1, 0.15) is 0 Å². The number of nitrogens with one attached hydrogen (secondary N) is 3. The number of ether oxygens (including phenoxy) is 1. The van der Waals surface area contributed by atoms with E-state index >= 15 is 0 Å². The minimum Gasteiger partial charge on any atom is -0.378 e. The molecule has 0 aliphatic carbocycles. The fourth-order valence-electron chi connectivity index (χ4n) is 4.91. The Morgan fingerprint density at radius 1 is 0.739 bits per heavy atom. The SMILES string of the molecule is CC[C@@H](CSC1CC(=O)N(CCOCCN2C(=O)CC(SC[C@H](NC(C)(C)C)C(=O)NC(C)(C)C)C2=O)C1=O)C(=O)NC(C)(C)C. The van der Waals surface area contributed by atoms with Crippen molar-refractivity contribution in [1.82, 2.24) is 25.8 Å². The van der Waals surface area contributed by atoms with Crippen LogP contribution < -0.4 is 16.0 Å². The van der Waals surface area contributed by atoms with E-state index in [4.69, 9.17) is 4.74 Å². The summed E-state index contributed by atoms with van der Waals surface area (Å²) in [5.74, 6) is -0.876. The third-order valence-corrected chi connectivity index (χ3v) is 9.73. The molecule has 0 radical (unpaired) electrons. The molecule has 2 heterocycles. The Kier molecular flexibility index (Phi) is 14.6. The standard InChI is InChI=1S/C32H55N5O7S2/c1-11-20(26(40)34-31(5,6)7)18-45-22-16-24(38)36(28(22)42)12-14-44-15-13-37-25(39)17-23(29(37)43)46-19-21(33-30(2,3)4)27(41)35-32(8,9)10/h20-23,33H,11-19H2,1-10H3,(H,34,40)(H,35,41)/t20-,21-,22?,23?/m0/s1. The summed E-state index contributed by atoms with van der Waals surface area (Å²) in [6.45, 7) is 19.6. The molecule has 12 nitrogen and oxygen atoms in total. The van der Waals surface area contributed by atoms with Crippen LogP contribution in [0.25, 0.3) is 0 Å². The van der Waals surface area contributed by atoms with Crippen molar-refractivity contribution in [3.63, 3.8) is 0 Å². The molecular weight excluding hydrogens is 631 g/mol. The molecule has 2 aliphatic rings. The third kappa shape index (κ3) is 13.2. The number of nitrogens with zero attached hydrogens (tertiary/aromatic N) is 2. The summed E-state index contributed by atoms with van der Waals surface area (Å²) in [4.78, 5) is 79.0. The Morgan fingerprint density at radius 2 is 1.17 bits per heavy atom. The van der Waals surface area contributed by atoms with Crippen LogP contribution in [0.15, 0.2) is 0 Å². The molecule has 2 aliphatic heterocycles.